The molecule has 1 aliphatic rings. The molecule has 0 aromatic heterocycles. The highest BCUT2D eigenvalue weighted by molar-refractivity contribution is 5.90. The molecule has 23 heavy (non-hydrogen) atoms. The molecule has 0 saturated heterocycles. The molecule has 2 amide bonds. The van der Waals surface area contributed by atoms with E-state index in [1.807, 2.05) is 0 Å². The summed E-state index contributed by atoms with van der Waals surface area (Å²) < 4.78 is 37.5. The number of carbonyl (C=O) groups excluding carboxylic acids is 1. The monoisotopic (exact) mass is 331 g/mol. The molecule has 0 unspecified atom stereocenters. The van der Waals surface area contributed by atoms with Crippen LogP contribution in [0.3, 0.4) is 0 Å². The van der Waals surface area contributed by atoms with Gasteiger partial charge in [-0.1, -0.05) is 19.1 Å². The lowest BCUT2D eigenvalue weighted by Gasteiger charge is -2.17. The number of amides is 2. The number of alkyl halides is 3. The first-order chi connectivity index (χ1) is 10.8. The number of urea groups is 1. The summed E-state index contributed by atoms with van der Waals surface area (Å²) in [6.45, 7) is 1.47. The van der Waals surface area contributed by atoms with E-state index >= 15 is 0 Å². The van der Waals surface area contributed by atoms with Gasteiger partial charge in [-0.05, 0) is 23.1 Å². The average Bonchev–Trinajstić information content (AvgIpc) is 2.86. The Morgan fingerprint density at radius 3 is 2.78 bits per heavy atom. The van der Waals surface area contributed by atoms with Crippen LogP contribution in [0.1, 0.15) is 18.1 Å². The van der Waals surface area contributed by atoms with Crippen molar-refractivity contribution < 1.29 is 23.1 Å². The first-order valence-corrected chi connectivity index (χ1v) is 7.34. The average molecular weight is 331 g/mol. The Labute approximate surface area is 132 Å². The van der Waals surface area contributed by atoms with E-state index in [0.717, 1.165) is 5.56 Å². The molecular formula is C15H20F3N3O2. The van der Waals surface area contributed by atoms with Gasteiger partial charge in [-0.2, -0.15) is 13.2 Å². The molecule has 0 radical (unpaired) electrons. The molecule has 8 heteroatoms. The van der Waals surface area contributed by atoms with Gasteiger partial charge in [0, 0.05) is 31.9 Å². The van der Waals surface area contributed by atoms with Gasteiger partial charge in [-0.3, -0.25) is 4.90 Å². The molecule has 0 saturated carbocycles. The van der Waals surface area contributed by atoms with Crippen molar-refractivity contribution in [3.05, 3.63) is 29.3 Å². The van der Waals surface area contributed by atoms with E-state index in [-0.39, 0.29) is 25.6 Å². The van der Waals surface area contributed by atoms with Gasteiger partial charge in [0.1, 0.15) is 0 Å². The predicted octanol–water partition coefficient (Wildman–Crippen LogP) is 2.31. The number of nitrogens with zero attached hydrogens (tertiary/aromatic N) is 1. The Hall–Kier alpha value is -1.80. The highest BCUT2D eigenvalue weighted by atomic mass is 19.4. The van der Waals surface area contributed by atoms with Gasteiger partial charge >= 0.3 is 12.2 Å². The molecule has 1 aliphatic heterocycles. The van der Waals surface area contributed by atoms with Crippen LogP contribution in [0, 0.1) is 5.92 Å². The number of hydrogen-bond acceptors (Lipinski definition) is 3. The lowest BCUT2D eigenvalue weighted by Crippen LogP contribution is -2.33. The summed E-state index contributed by atoms with van der Waals surface area (Å²) in [5.41, 5.74) is 2.01. The van der Waals surface area contributed by atoms with Crippen LogP contribution >= 0.6 is 0 Å². The fourth-order valence-corrected chi connectivity index (χ4v) is 2.47. The van der Waals surface area contributed by atoms with Crippen LogP contribution in [0.25, 0.3) is 0 Å². The largest absolute Gasteiger partial charge is 0.401 e. The third-order valence-electron chi connectivity index (χ3n) is 3.62. The standard InChI is InChI=1S/C15H20F3N3O2/c1-10(8-22)5-19-14(23)20-13-4-2-3-11-6-21(7-12(11)13)9-15(16,17)18/h2-4,10,22H,5-9H2,1H3,(H2,19,20,23)/t10-/m1/s1. The number of benzene rings is 1. The van der Waals surface area contributed by atoms with Crippen LogP contribution in [0.5, 0.6) is 0 Å². The van der Waals surface area contributed by atoms with Crippen LogP contribution in [-0.2, 0) is 13.1 Å². The van der Waals surface area contributed by atoms with Gasteiger partial charge in [0.2, 0.25) is 0 Å². The maximum absolute atomic E-state index is 12.5. The molecule has 0 aliphatic carbocycles. The summed E-state index contributed by atoms with van der Waals surface area (Å²) in [6, 6.07) is 4.71. The summed E-state index contributed by atoms with van der Waals surface area (Å²) in [7, 11) is 0. The predicted molar refractivity (Wildman–Crippen MR) is 79.9 cm³/mol. The summed E-state index contributed by atoms with van der Waals surface area (Å²) in [4.78, 5) is 13.1. The van der Waals surface area contributed by atoms with Crippen molar-refractivity contribution in [3.63, 3.8) is 0 Å². The second-order valence-electron chi connectivity index (χ2n) is 5.83. The Morgan fingerprint density at radius 1 is 1.39 bits per heavy atom. The number of fused-ring (bicyclic) bond motifs is 1. The lowest BCUT2D eigenvalue weighted by molar-refractivity contribution is -0.146. The number of rotatable bonds is 5. The van der Waals surface area contributed by atoms with Gasteiger partial charge in [0.15, 0.2) is 0 Å². The molecule has 1 aromatic carbocycles. The molecular weight excluding hydrogens is 311 g/mol. The minimum Gasteiger partial charge on any atom is -0.396 e. The first kappa shape index (κ1) is 17.6. The Morgan fingerprint density at radius 2 is 2.13 bits per heavy atom. The van der Waals surface area contributed by atoms with Crippen molar-refractivity contribution in [2.24, 2.45) is 5.92 Å². The number of hydrogen-bond donors (Lipinski definition) is 3. The Balaban J connectivity index is 1.99. The second-order valence-corrected chi connectivity index (χ2v) is 5.83. The van der Waals surface area contributed by atoms with Gasteiger partial charge in [-0.25, -0.2) is 4.79 Å². The van der Waals surface area contributed by atoms with Crippen LogP contribution in [0.2, 0.25) is 0 Å². The highest BCUT2D eigenvalue weighted by Crippen LogP contribution is 2.31. The van der Waals surface area contributed by atoms with Crippen molar-refractivity contribution in [3.8, 4) is 0 Å². The van der Waals surface area contributed by atoms with Crippen molar-refractivity contribution in [2.75, 3.05) is 25.0 Å². The van der Waals surface area contributed by atoms with Crippen molar-refractivity contribution >= 4 is 11.7 Å². The van der Waals surface area contributed by atoms with E-state index < -0.39 is 18.8 Å². The number of carbonyl (C=O) groups is 1. The van der Waals surface area contributed by atoms with Crippen molar-refractivity contribution in [1.82, 2.24) is 10.2 Å². The van der Waals surface area contributed by atoms with Gasteiger partial charge in [-0.15, -0.1) is 0 Å². The van der Waals surface area contributed by atoms with E-state index in [0.29, 0.717) is 17.8 Å². The molecule has 128 valence electrons. The minimum atomic E-state index is -4.24. The third kappa shape index (κ3) is 5.11. The van der Waals surface area contributed by atoms with E-state index in [1.54, 1.807) is 25.1 Å². The molecule has 0 bridgehead atoms. The molecule has 0 fully saturated rings. The quantitative estimate of drug-likeness (QED) is 0.776. The van der Waals surface area contributed by atoms with E-state index in [2.05, 4.69) is 10.6 Å². The Kier molecular flexibility index (Phi) is 5.48. The molecule has 5 nitrogen and oxygen atoms in total. The summed E-state index contributed by atoms with van der Waals surface area (Å²) in [5.74, 6) is -0.0653. The highest BCUT2D eigenvalue weighted by Gasteiger charge is 2.34. The molecule has 3 N–H and O–H groups in total. The van der Waals surface area contributed by atoms with Gasteiger partial charge in [0.25, 0.3) is 0 Å². The number of aliphatic hydroxyl groups is 1. The molecule has 1 aromatic rings. The van der Waals surface area contributed by atoms with Crippen LogP contribution in [-0.4, -0.2) is 41.9 Å². The van der Waals surface area contributed by atoms with Crippen molar-refractivity contribution in [1.29, 1.82) is 0 Å². The maximum atomic E-state index is 12.5. The maximum Gasteiger partial charge on any atom is 0.401 e. The zero-order chi connectivity index (χ0) is 17.0. The van der Waals surface area contributed by atoms with E-state index in [4.69, 9.17) is 5.11 Å². The number of nitrogens with one attached hydrogen (secondary N) is 2. The third-order valence-corrected chi connectivity index (χ3v) is 3.62. The van der Waals surface area contributed by atoms with Gasteiger partial charge < -0.3 is 15.7 Å². The summed E-state index contributed by atoms with van der Waals surface area (Å²) in [6.07, 6.45) is -4.24. The van der Waals surface area contributed by atoms with Gasteiger partial charge in [0.05, 0.1) is 6.54 Å². The number of aliphatic hydroxyl groups excluding tert-OH is 1. The minimum absolute atomic E-state index is 0.0343. The topological polar surface area (TPSA) is 64.6 Å². The van der Waals surface area contributed by atoms with Crippen LogP contribution in [0.15, 0.2) is 18.2 Å². The fourth-order valence-electron chi connectivity index (χ4n) is 2.47. The zero-order valence-corrected chi connectivity index (χ0v) is 12.8. The molecule has 1 atom stereocenters. The lowest BCUT2D eigenvalue weighted by atomic mass is 10.1. The van der Waals surface area contributed by atoms with Crippen molar-refractivity contribution in [2.45, 2.75) is 26.2 Å². The summed E-state index contributed by atoms with van der Waals surface area (Å²) >= 11 is 0. The SMILES string of the molecule is C[C@@H](CO)CNC(=O)Nc1cccc2c1CN(CC(F)(F)F)C2. The smallest absolute Gasteiger partial charge is 0.396 e. The van der Waals surface area contributed by atoms with E-state index in [1.165, 1.54) is 4.90 Å². The Bertz CT molecular complexity index is 563. The fraction of sp³-hybridized carbons (Fsp3) is 0.533. The zero-order valence-electron chi connectivity index (χ0n) is 12.8. The molecule has 1 heterocycles. The van der Waals surface area contributed by atoms with Crippen LogP contribution < -0.4 is 10.6 Å². The molecule has 0 spiro atoms. The van der Waals surface area contributed by atoms with E-state index in [9.17, 15) is 18.0 Å². The number of halogens is 3. The number of anilines is 1. The normalized spacial score (nSPS) is 16.0. The first-order valence-electron chi connectivity index (χ1n) is 7.34. The molecule has 2 rings (SSSR count). The summed E-state index contributed by atoms with van der Waals surface area (Å²) in [5, 5.41) is 14.2. The second kappa shape index (κ2) is 7.18. The van der Waals surface area contributed by atoms with Crippen LogP contribution in [0.4, 0.5) is 23.7 Å².